The second-order valence-electron chi connectivity index (χ2n) is 4.69. The van der Waals surface area contributed by atoms with E-state index in [2.05, 4.69) is 80.5 Å². The highest BCUT2D eigenvalue weighted by atomic mass is 79.9. The maximum Gasteiger partial charge on any atom is 0.147 e. The summed E-state index contributed by atoms with van der Waals surface area (Å²) < 4.78 is 7.22. The molecule has 106 valence electrons. The van der Waals surface area contributed by atoms with Gasteiger partial charge in [0.05, 0.1) is 16.1 Å². The number of aryl methyl sites for hydroxylation is 1. The number of rotatable bonds is 5. The van der Waals surface area contributed by atoms with Crippen molar-refractivity contribution in [2.75, 3.05) is 7.11 Å². The summed E-state index contributed by atoms with van der Waals surface area (Å²) in [5, 5.41) is 3.45. The molecule has 0 aliphatic rings. The van der Waals surface area contributed by atoms with Gasteiger partial charge < -0.3 is 10.1 Å². The molecule has 0 spiro atoms. The SMILES string of the molecule is COc1c(Br)cc(CNCc2cccc(C)c2)cc1Br. The highest BCUT2D eigenvalue weighted by molar-refractivity contribution is 9.11. The van der Waals surface area contributed by atoms with Crippen LogP contribution >= 0.6 is 31.9 Å². The summed E-state index contributed by atoms with van der Waals surface area (Å²) in [7, 11) is 1.67. The van der Waals surface area contributed by atoms with Crippen molar-refractivity contribution >= 4 is 31.9 Å². The Morgan fingerprint density at radius 3 is 2.25 bits per heavy atom. The van der Waals surface area contributed by atoms with Crippen molar-refractivity contribution in [3.63, 3.8) is 0 Å². The largest absolute Gasteiger partial charge is 0.494 e. The summed E-state index contributed by atoms with van der Waals surface area (Å²) in [5.41, 5.74) is 3.80. The van der Waals surface area contributed by atoms with E-state index in [4.69, 9.17) is 4.74 Å². The van der Waals surface area contributed by atoms with Crippen LogP contribution in [0.1, 0.15) is 16.7 Å². The second kappa shape index (κ2) is 7.25. The fourth-order valence-corrected chi connectivity index (χ4v) is 3.69. The molecule has 2 rings (SSSR count). The van der Waals surface area contributed by atoms with Gasteiger partial charge in [-0.05, 0) is 62.0 Å². The summed E-state index contributed by atoms with van der Waals surface area (Å²) >= 11 is 7.04. The molecule has 2 nitrogen and oxygen atoms in total. The number of ether oxygens (including phenoxy) is 1. The summed E-state index contributed by atoms with van der Waals surface area (Å²) in [6.07, 6.45) is 0. The lowest BCUT2D eigenvalue weighted by atomic mass is 10.1. The van der Waals surface area contributed by atoms with E-state index in [0.717, 1.165) is 27.8 Å². The van der Waals surface area contributed by atoms with Crippen molar-refractivity contribution in [1.82, 2.24) is 5.32 Å². The number of methoxy groups -OCH3 is 1. The van der Waals surface area contributed by atoms with Gasteiger partial charge in [-0.1, -0.05) is 29.8 Å². The molecule has 0 saturated heterocycles. The number of halogens is 2. The standard InChI is InChI=1S/C16H17Br2NO/c1-11-4-3-5-12(6-11)9-19-10-13-7-14(17)16(20-2)15(18)8-13/h3-8,19H,9-10H2,1-2H3. The third-order valence-corrected chi connectivity index (χ3v) is 4.18. The smallest absolute Gasteiger partial charge is 0.147 e. The summed E-state index contributed by atoms with van der Waals surface area (Å²) in [4.78, 5) is 0. The minimum Gasteiger partial charge on any atom is -0.494 e. The molecule has 0 atom stereocenters. The van der Waals surface area contributed by atoms with Crippen LogP contribution < -0.4 is 10.1 Å². The highest BCUT2D eigenvalue weighted by Crippen LogP contribution is 2.34. The van der Waals surface area contributed by atoms with Crippen LogP contribution in [0.5, 0.6) is 5.75 Å². The van der Waals surface area contributed by atoms with Crippen molar-refractivity contribution in [2.45, 2.75) is 20.0 Å². The molecule has 20 heavy (non-hydrogen) atoms. The first-order chi connectivity index (χ1) is 9.60. The first kappa shape index (κ1) is 15.5. The second-order valence-corrected chi connectivity index (χ2v) is 6.39. The van der Waals surface area contributed by atoms with E-state index in [0.29, 0.717) is 0 Å². The third-order valence-electron chi connectivity index (χ3n) is 3.00. The molecule has 2 aromatic rings. The lowest BCUT2D eigenvalue weighted by Gasteiger charge is -2.10. The van der Waals surface area contributed by atoms with E-state index in [9.17, 15) is 0 Å². The third kappa shape index (κ3) is 4.08. The molecule has 0 heterocycles. The van der Waals surface area contributed by atoms with Gasteiger partial charge in [0.1, 0.15) is 5.75 Å². The van der Waals surface area contributed by atoms with Crippen molar-refractivity contribution in [2.24, 2.45) is 0 Å². The molecule has 0 fully saturated rings. The van der Waals surface area contributed by atoms with Gasteiger partial charge in [0, 0.05) is 13.1 Å². The Kier molecular flexibility index (Phi) is 5.64. The first-order valence-corrected chi connectivity index (χ1v) is 7.97. The minimum atomic E-state index is 0.815. The molecule has 0 aliphatic carbocycles. The van der Waals surface area contributed by atoms with E-state index in [1.165, 1.54) is 16.7 Å². The molecule has 0 radical (unpaired) electrons. The Balaban J connectivity index is 1.98. The molecule has 0 bridgehead atoms. The van der Waals surface area contributed by atoms with Crippen LogP contribution in [-0.4, -0.2) is 7.11 Å². The monoisotopic (exact) mass is 397 g/mol. The fourth-order valence-electron chi connectivity index (χ4n) is 2.08. The molecule has 0 saturated carbocycles. The molecular weight excluding hydrogens is 382 g/mol. The van der Waals surface area contributed by atoms with Crippen molar-refractivity contribution in [3.8, 4) is 5.75 Å². The molecule has 2 aromatic carbocycles. The van der Waals surface area contributed by atoms with Gasteiger partial charge in [-0.25, -0.2) is 0 Å². The lowest BCUT2D eigenvalue weighted by molar-refractivity contribution is 0.409. The topological polar surface area (TPSA) is 21.3 Å². The summed E-state index contributed by atoms with van der Waals surface area (Å²) in [5.74, 6) is 0.826. The molecule has 4 heteroatoms. The number of hydrogen-bond donors (Lipinski definition) is 1. The molecule has 0 aromatic heterocycles. The zero-order valence-corrected chi connectivity index (χ0v) is 14.7. The Morgan fingerprint density at radius 2 is 1.65 bits per heavy atom. The average molecular weight is 399 g/mol. The van der Waals surface area contributed by atoms with E-state index >= 15 is 0 Å². The van der Waals surface area contributed by atoms with Gasteiger partial charge in [-0.2, -0.15) is 0 Å². The highest BCUT2D eigenvalue weighted by Gasteiger charge is 2.07. The van der Waals surface area contributed by atoms with Crippen LogP contribution in [0.2, 0.25) is 0 Å². The quantitative estimate of drug-likeness (QED) is 0.779. The maximum atomic E-state index is 5.30. The summed E-state index contributed by atoms with van der Waals surface area (Å²) in [6, 6.07) is 12.7. The van der Waals surface area contributed by atoms with Crippen molar-refractivity contribution in [1.29, 1.82) is 0 Å². The Labute approximate surface area is 136 Å². The minimum absolute atomic E-state index is 0.815. The van der Waals surface area contributed by atoms with Gasteiger partial charge in [0.25, 0.3) is 0 Å². The number of benzene rings is 2. The number of hydrogen-bond acceptors (Lipinski definition) is 2. The molecule has 1 N–H and O–H groups in total. The summed E-state index contributed by atoms with van der Waals surface area (Å²) in [6.45, 7) is 3.79. The van der Waals surface area contributed by atoms with E-state index in [1.54, 1.807) is 7.11 Å². The number of nitrogens with one attached hydrogen (secondary N) is 1. The normalized spacial score (nSPS) is 10.6. The van der Waals surface area contributed by atoms with Gasteiger partial charge in [0.15, 0.2) is 0 Å². The zero-order valence-electron chi connectivity index (χ0n) is 11.5. The maximum absolute atomic E-state index is 5.30. The van der Waals surface area contributed by atoms with Crippen molar-refractivity contribution < 1.29 is 4.74 Å². The van der Waals surface area contributed by atoms with Gasteiger partial charge >= 0.3 is 0 Å². The van der Waals surface area contributed by atoms with E-state index in [-0.39, 0.29) is 0 Å². The predicted octanol–water partition coefficient (Wildman–Crippen LogP) is 4.82. The predicted molar refractivity (Wildman–Crippen MR) is 90.1 cm³/mol. The van der Waals surface area contributed by atoms with Gasteiger partial charge in [0.2, 0.25) is 0 Å². The van der Waals surface area contributed by atoms with Crippen LogP contribution in [0.15, 0.2) is 45.3 Å². The first-order valence-electron chi connectivity index (χ1n) is 6.38. The fraction of sp³-hybridized carbons (Fsp3) is 0.250. The Bertz CT molecular complexity index is 576. The zero-order chi connectivity index (χ0) is 14.5. The molecule has 0 unspecified atom stereocenters. The molecular formula is C16H17Br2NO. The van der Waals surface area contributed by atoms with Crippen LogP contribution in [0.4, 0.5) is 0 Å². The van der Waals surface area contributed by atoms with Crippen LogP contribution in [0.25, 0.3) is 0 Å². The lowest BCUT2D eigenvalue weighted by Crippen LogP contribution is -2.12. The van der Waals surface area contributed by atoms with E-state index in [1.807, 2.05) is 0 Å². The van der Waals surface area contributed by atoms with E-state index < -0.39 is 0 Å². The molecule has 0 amide bonds. The van der Waals surface area contributed by atoms with Crippen molar-refractivity contribution in [3.05, 3.63) is 62.0 Å². The van der Waals surface area contributed by atoms with Crippen LogP contribution in [-0.2, 0) is 13.1 Å². The van der Waals surface area contributed by atoms with Crippen LogP contribution in [0, 0.1) is 6.92 Å². The average Bonchev–Trinajstić information content (AvgIpc) is 2.38. The Morgan fingerprint density at radius 1 is 1.00 bits per heavy atom. The van der Waals surface area contributed by atoms with Gasteiger partial charge in [-0.15, -0.1) is 0 Å². The Hall–Kier alpha value is -0.840. The van der Waals surface area contributed by atoms with Crippen LogP contribution in [0.3, 0.4) is 0 Å². The van der Waals surface area contributed by atoms with Gasteiger partial charge in [-0.3, -0.25) is 0 Å². The molecule has 0 aliphatic heterocycles.